The number of benzene rings is 2. The summed E-state index contributed by atoms with van der Waals surface area (Å²) in [6.45, 7) is 1.13. The third kappa shape index (κ3) is 4.25. The zero-order chi connectivity index (χ0) is 18.4. The Kier molecular flexibility index (Phi) is 5.93. The lowest BCUT2D eigenvalue weighted by atomic mass is 10.1. The second kappa shape index (κ2) is 8.55. The molecule has 3 aromatic rings. The number of anilines is 1. The standard InChI is InChI=1S/C19H19N3O3S/c1-25-11-5-10-20-18(23)13-6-4-7-14(12-13)21-19(24)17-15-8-2-3-9-16(15)26-22-17/h2-4,6-9,12H,5,10-11H2,1H3,(H,20,23)(H,21,24). The number of fused-ring (bicyclic) bond motifs is 1. The first kappa shape index (κ1) is 18.0. The first-order valence-corrected chi connectivity index (χ1v) is 8.99. The monoisotopic (exact) mass is 369 g/mol. The van der Waals surface area contributed by atoms with Crippen LogP contribution in [0.5, 0.6) is 0 Å². The van der Waals surface area contributed by atoms with E-state index < -0.39 is 0 Å². The molecule has 2 amide bonds. The number of methoxy groups -OCH3 is 1. The Morgan fingerprint density at radius 3 is 2.81 bits per heavy atom. The fourth-order valence-corrected chi connectivity index (χ4v) is 3.27. The Morgan fingerprint density at radius 1 is 1.12 bits per heavy atom. The molecule has 2 N–H and O–H groups in total. The number of ether oxygens (including phenoxy) is 1. The molecule has 1 heterocycles. The van der Waals surface area contributed by atoms with Gasteiger partial charge in [0.1, 0.15) is 5.69 Å². The summed E-state index contributed by atoms with van der Waals surface area (Å²) >= 11 is 1.29. The molecule has 0 spiro atoms. The zero-order valence-electron chi connectivity index (χ0n) is 14.3. The highest BCUT2D eigenvalue weighted by atomic mass is 32.1. The molecule has 0 aliphatic heterocycles. The van der Waals surface area contributed by atoms with Crippen LogP contribution >= 0.6 is 11.5 Å². The third-order valence-electron chi connectivity index (χ3n) is 3.79. The van der Waals surface area contributed by atoms with E-state index in [1.54, 1.807) is 31.4 Å². The number of rotatable bonds is 7. The van der Waals surface area contributed by atoms with Crippen LogP contribution in [0.2, 0.25) is 0 Å². The van der Waals surface area contributed by atoms with Gasteiger partial charge in [0, 0.05) is 36.9 Å². The van der Waals surface area contributed by atoms with E-state index >= 15 is 0 Å². The Bertz CT molecular complexity index is 923. The molecular weight excluding hydrogens is 350 g/mol. The second-order valence-corrected chi connectivity index (χ2v) is 6.47. The lowest BCUT2D eigenvalue weighted by Gasteiger charge is -2.08. The third-order valence-corrected chi connectivity index (χ3v) is 4.61. The van der Waals surface area contributed by atoms with Gasteiger partial charge < -0.3 is 15.4 Å². The maximum Gasteiger partial charge on any atom is 0.276 e. The van der Waals surface area contributed by atoms with Gasteiger partial charge in [0.2, 0.25) is 0 Å². The number of amides is 2. The number of nitrogens with zero attached hydrogens (tertiary/aromatic N) is 1. The molecule has 0 aliphatic carbocycles. The van der Waals surface area contributed by atoms with Gasteiger partial charge in [0.15, 0.2) is 0 Å². The van der Waals surface area contributed by atoms with E-state index in [1.807, 2.05) is 24.3 Å². The predicted octanol–water partition coefficient (Wildman–Crippen LogP) is 3.31. The van der Waals surface area contributed by atoms with Gasteiger partial charge in [-0.15, -0.1) is 0 Å². The van der Waals surface area contributed by atoms with Gasteiger partial charge in [-0.3, -0.25) is 9.59 Å². The molecule has 3 rings (SSSR count). The first-order chi connectivity index (χ1) is 12.7. The summed E-state index contributed by atoms with van der Waals surface area (Å²) < 4.78 is 10.2. The number of hydrogen-bond acceptors (Lipinski definition) is 5. The number of nitrogens with one attached hydrogen (secondary N) is 2. The highest BCUT2D eigenvalue weighted by Crippen LogP contribution is 2.23. The van der Waals surface area contributed by atoms with Crippen molar-refractivity contribution in [2.45, 2.75) is 6.42 Å². The largest absolute Gasteiger partial charge is 0.385 e. The van der Waals surface area contributed by atoms with Crippen molar-refractivity contribution in [3.63, 3.8) is 0 Å². The van der Waals surface area contributed by atoms with Crippen LogP contribution in [0.25, 0.3) is 10.1 Å². The number of carbonyl (C=O) groups excluding carboxylic acids is 2. The molecule has 1 aromatic heterocycles. The Labute approximate surface area is 155 Å². The molecule has 0 fully saturated rings. The van der Waals surface area contributed by atoms with Crippen molar-refractivity contribution in [3.05, 3.63) is 59.8 Å². The van der Waals surface area contributed by atoms with Gasteiger partial charge in [-0.2, -0.15) is 4.37 Å². The second-order valence-electron chi connectivity index (χ2n) is 5.66. The van der Waals surface area contributed by atoms with Crippen molar-refractivity contribution in [1.29, 1.82) is 0 Å². The Hall–Kier alpha value is -2.77. The van der Waals surface area contributed by atoms with Gasteiger partial charge >= 0.3 is 0 Å². The minimum Gasteiger partial charge on any atom is -0.385 e. The van der Waals surface area contributed by atoms with E-state index in [2.05, 4.69) is 15.0 Å². The van der Waals surface area contributed by atoms with Gasteiger partial charge in [-0.05, 0) is 42.2 Å². The predicted molar refractivity (Wildman–Crippen MR) is 103 cm³/mol. The smallest absolute Gasteiger partial charge is 0.276 e. The summed E-state index contributed by atoms with van der Waals surface area (Å²) in [6.07, 6.45) is 0.746. The van der Waals surface area contributed by atoms with Crippen LogP contribution < -0.4 is 10.6 Å². The molecule has 0 radical (unpaired) electrons. The van der Waals surface area contributed by atoms with Gasteiger partial charge in [0.25, 0.3) is 11.8 Å². The Balaban J connectivity index is 1.68. The lowest BCUT2D eigenvalue weighted by molar-refractivity contribution is 0.0947. The number of hydrogen-bond donors (Lipinski definition) is 2. The summed E-state index contributed by atoms with van der Waals surface area (Å²) in [5, 5.41) is 6.46. The topological polar surface area (TPSA) is 80.3 Å². The number of carbonyl (C=O) groups is 2. The number of aromatic nitrogens is 1. The van der Waals surface area contributed by atoms with Gasteiger partial charge in [0.05, 0.1) is 4.70 Å². The van der Waals surface area contributed by atoms with E-state index in [-0.39, 0.29) is 11.8 Å². The molecule has 2 aromatic carbocycles. The van der Waals surface area contributed by atoms with Crippen LogP contribution in [0.4, 0.5) is 5.69 Å². The maximum absolute atomic E-state index is 12.5. The average Bonchev–Trinajstić information content (AvgIpc) is 3.09. The van der Waals surface area contributed by atoms with Crippen LogP contribution in [-0.4, -0.2) is 36.4 Å². The van der Waals surface area contributed by atoms with Crippen LogP contribution in [0.3, 0.4) is 0 Å². The molecule has 7 heteroatoms. The van der Waals surface area contributed by atoms with Crippen molar-refractivity contribution >= 4 is 39.1 Å². The minimum absolute atomic E-state index is 0.184. The summed E-state index contributed by atoms with van der Waals surface area (Å²) in [7, 11) is 1.62. The summed E-state index contributed by atoms with van der Waals surface area (Å²) in [6, 6.07) is 14.4. The van der Waals surface area contributed by atoms with Crippen molar-refractivity contribution in [2.75, 3.05) is 25.6 Å². The molecular formula is C19H19N3O3S. The molecule has 0 aliphatic rings. The lowest BCUT2D eigenvalue weighted by Crippen LogP contribution is -2.25. The summed E-state index contributed by atoms with van der Waals surface area (Å²) in [5.74, 6) is -0.476. The summed E-state index contributed by atoms with van der Waals surface area (Å²) in [4.78, 5) is 24.7. The fraction of sp³-hybridized carbons (Fsp3) is 0.211. The van der Waals surface area contributed by atoms with Gasteiger partial charge in [-0.25, -0.2) is 0 Å². The van der Waals surface area contributed by atoms with E-state index in [4.69, 9.17) is 4.74 Å². The maximum atomic E-state index is 12.5. The van der Waals surface area contributed by atoms with Crippen LogP contribution in [0.15, 0.2) is 48.5 Å². The minimum atomic E-state index is -0.292. The zero-order valence-corrected chi connectivity index (χ0v) is 15.1. The molecule has 0 unspecified atom stereocenters. The SMILES string of the molecule is COCCCNC(=O)c1cccc(NC(=O)c2nsc3ccccc23)c1. The highest BCUT2D eigenvalue weighted by Gasteiger charge is 2.15. The van der Waals surface area contributed by atoms with Crippen LogP contribution in [0.1, 0.15) is 27.3 Å². The fourth-order valence-electron chi connectivity index (χ4n) is 2.50. The average molecular weight is 369 g/mol. The quantitative estimate of drug-likeness (QED) is 0.626. The molecule has 26 heavy (non-hydrogen) atoms. The Morgan fingerprint density at radius 2 is 1.96 bits per heavy atom. The van der Waals surface area contributed by atoms with Crippen molar-refractivity contribution in [1.82, 2.24) is 9.69 Å². The first-order valence-electron chi connectivity index (χ1n) is 8.22. The van der Waals surface area contributed by atoms with Crippen molar-refractivity contribution in [2.24, 2.45) is 0 Å². The van der Waals surface area contributed by atoms with E-state index in [1.165, 1.54) is 11.5 Å². The highest BCUT2D eigenvalue weighted by molar-refractivity contribution is 7.13. The normalized spacial score (nSPS) is 10.7. The molecule has 0 saturated carbocycles. The van der Waals surface area contributed by atoms with Gasteiger partial charge in [-0.1, -0.05) is 24.3 Å². The van der Waals surface area contributed by atoms with E-state index in [9.17, 15) is 9.59 Å². The van der Waals surface area contributed by atoms with E-state index in [0.717, 1.165) is 16.5 Å². The molecule has 0 saturated heterocycles. The van der Waals surface area contributed by atoms with E-state index in [0.29, 0.717) is 30.1 Å². The van der Waals surface area contributed by atoms with Crippen molar-refractivity contribution < 1.29 is 14.3 Å². The molecule has 6 nitrogen and oxygen atoms in total. The van der Waals surface area contributed by atoms with Crippen LogP contribution in [-0.2, 0) is 4.74 Å². The van der Waals surface area contributed by atoms with Crippen molar-refractivity contribution in [3.8, 4) is 0 Å². The van der Waals surface area contributed by atoms with Crippen LogP contribution in [0, 0.1) is 0 Å². The molecule has 0 atom stereocenters. The molecule has 0 bridgehead atoms. The molecule has 134 valence electrons. The summed E-state index contributed by atoms with van der Waals surface area (Å²) in [5.41, 5.74) is 1.43.